The first-order valence-electron chi connectivity index (χ1n) is 10.7. The fourth-order valence-electron chi connectivity index (χ4n) is 4.63. The molecule has 2 unspecified atom stereocenters. The SMILES string of the molecule is CCO[Si](OCC)(OCC)C1=C([Si](OCC)(OCC)OCC)C2CCC1C2. The molecule has 2 aliphatic carbocycles. The van der Waals surface area contributed by atoms with E-state index in [9.17, 15) is 0 Å². The van der Waals surface area contributed by atoms with Crippen LogP contribution in [-0.2, 0) is 26.6 Å². The number of rotatable bonds is 14. The fraction of sp³-hybridized carbons (Fsp3) is 0.895. The van der Waals surface area contributed by atoms with Crippen LogP contribution < -0.4 is 0 Å². The van der Waals surface area contributed by atoms with E-state index in [1.807, 2.05) is 41.5 Å². The third-order valence-corrected chi connectivity index (χ3v) is 12.1. The Morgan fingerprint density at radius 1 is 0.556 bits per heavy atom. The molecule has 0 aliphatic heterocycles. The molecular weight excluding hydrogens is 380 g/mol. The van der Waals surface area contributed by atoms with E-state index in [1.54, 1.807) is 0 Å². The summed E-state index contributed by atoms with van der Waals surface area (Å²) in [6.45, 7) is 15.4. The van der Waals surface area contributed by atoms with Crippen molar-refractivity contribution < 1.29 is 26.6 Å². The highest BCUT2D eigenvalue weighted by molar-refractivity contribution is 6.76. The molecule has 0 amide bonds. The van der Waals surface area contributed by atoms with Gasteiger partial charge in [-0.05, 0) is 72.6 Å². The molecule has 1 saturated carbocycles. The van der Waals surface area contributed by atoms with Crippen LogP contribution in [0, 0.1) is 11.8 Å². The van der Waals surface area contributed by atoms with Crippen molar-refractivity contribution in [3.05, 3.63) is 10.4 Å². The van der Waals surface area contributed by atoms with Crippen LogP contribution >= 0.6 is 0 Å². The van der Waals surface area contributed by atoms with Crippen LogP contribution in [0.2, 0.25) is 0 Å². The Hall–Kier alpha value is -0.0662. The smallest absolute Gasteiger partial charge is 0.370 e. The maximum Gasteiger partial charge on any atom is 0.533 e. The summed E-state index contributed by atoms with van der Waals surface area (Å²) in [5, 5.41) is 2.43. The Labute approximate surface area is 167 Å². The van der Waals surface area contributed by atoms with Crippen molar-refractivity contribution in [3.8, 4) is 0 Å². The average Bonchev–Trinajstić information content (AvgIpc) is 3.24. The highest BCUT2D eigenvalue weighted by atomic mass is 28.4. The summed E-state index contributed by atoms with van der Waals surface area (Å²) >= 11 is 0. The van der Waals surface area contributed by atoms with Gasteiger partial charge in [-0.3, -0.25) is 0 Å². The maximum absolute atomic E-state index is 6.30. The molecule has 0 saturated heterocycles. The van der Waals surface area contributed by atoms with Crippen molar-refractivity contribution >= 4 is 17.6 Å². The molecule has 0 aromatic carbocycles. The van der Waals surface area contributed by atoms with Crippen LogP contribution in [0.3, 0.4) is 0 Å². The zero-order chi connectivity index (χ0) is 19.9. The highest BCUT2D eigenvalue weighted by Gasteiger charge is 2.63. The summed E-state index contributed by atoms with van der Waals surface area (Å²) < 4.78 is 37.8. The minimum atomic E-state index is -3.00. The molecular formula is C19H38O6Si2. The normalized spacial score (nSPS) is 22.9. The average molecular weight is 419 g/mol. The van der Waals surface area contributed by atoms with Gasteiger partial charge in [-0.15, -0.1) is 0 Å². The Kier molecular flexibility index (Phi) is 9.15. The van der Waals surface area contributed by atoms with Gasteiger partial charge >= 0.3 is 17.6 Å². The van der Waals surface area contributed by atoms with Crippen molar-refractivity contribution in [2.45, 2.75) is 60.8 Å². The summed E-state index contributed by atoms with van der Waals surface area (Å²) in [5.74, 6) is 0.851. The van der Waals surface area contributed by atoms with Crippen molar-refractivity contribution in [3.63, 3.8) is 0 Å². The molecule has 2 bridgehead atoms. The molecule has 0 N–H and O–H groups in total. The van der Waals surface area contributed by atoms with Crippen LogP contribution in [0.1, 0.15) is 60.8 Å². The Balaban J connectivity index is 2.65. The van der Waals surface area contributed by atoms with Crippen LogP contribution in [0.25, 0.3) is 0 Å². The molecule has 27 heavy (non-hydrogen) atoms. The first-order valence-corrected chi connectivity index (χ1v) is 14.1. The largest absolute Gasteiger partial charge is 0.533 e. The molecule has 1 fully saturated rings. The molecule has 2 rings (SSSR count). The molecule has 158 valence electrons. The van der Waals surface area contributed by atoms with Gasteiger partial charge in [0.2, 0.25) is 0 Å². The standard InChI is InChI=1S/C19H38O6Si2/c1-7-20-26(21-8-2,22-9-3)18-16-13-14-17(15-16)19(18)27(23-10-4,24-11-5)25-12-6/h16-17H,7-15H2,1-6H3. The quantitative estimate of drug-likeness (QED) is 0.399. The summed E-state index contributed by atoms with van der Waals surface area (Å²) in [6, 6.07) is 0. The number of allylic oxidation sites excluding steroid dienone is 2. The minimum absolute atomic E-state index is 0.426. The minimum Gasteiger partial charge on any atom is -0.370 e. The van der Waals surface area contributed by atoms with E-state index in [1.165, 1.54) is 10.4 Å². The predicted octanol–water partition coefficient (Wildman–Crippen LogP) is 3.89. The van der Waals surface area contributed by atoms with Gasteiger partial charge in [0.25, 0.3) is 0 Å². The molecule has 0 spiro atoms. The van der Waals surface area contributed by atoms with Gasteiger partial charge < -0.3 is 26.6 Å². The Bertz CT molecular complexity index is 423. The zero-order valence-corrected chi connectivity index (χ0v) is 20.0. The molecule has 0 aromatic rings. The van der Waals surface area contributed by atoms with E-state index in [0.29, 0.717) is 51.5 Å². The van der Waals surface area contributed by atoms with Gasteiger partial charge in [0.05, 0.1) is 0 Å². The lowest BCUT2D eigenvalue weighted by molar-refractivity contribution is 0.0705. The Morgan fingerprint density at radius 2 is 0.815 bits per heavy atom. The first-order chi connectivity index (χ1) is 13.1. The molecule has 2 aliphatic rings. The summed E-state index contributed by atoms with van der Waals surface area (Å²) in [6.07, 6.45) is 3.41. The molecule has 2 atom stereocenters. The van der Waals surface area contributed by atoms with E-state index < -0.39 is 17.6 Å². The fourth-order valence-corrected chi connectivity index (χ4v) is 11.9. The maximum atomic E-state index is 6.30. The summed E-state index contributed by atoms with van der Waals surface area (Å²) in [4.78, 5) is 0. The summed E-state index contributed by atoms with van der Waals surface area (Å²) in [7, 11) is -6.00. The van der Waals surface area contributed by atoms with Crippen LogP contribution in [-0.4, -0.2) is 57.3 Å². The van der Waals surface area contributed by atoms with Crippen molar-refractivity contribution in [2.24, 2.45) is 11.8 Å². The van der Waals surface area contributed by atoms with Gasteiger partial charge in [0.1, 0.15) is 0 Å². The molecule has 6 nitrogen and oxygen atoms in total. The van der Waals surface area contributed by atoms with Crippen LogP contribution in [0.4, 0.5) is 0 Å². The summed E-state index contributed by atoms with van der Waals surface area (Å²) in [5.41, 5.74) is 0. The van der Waals surface area contributed by atoms with Gasteiger partial charge in [-0.1, -0.05) is 0 Å². The van der Waals surface area contributed by atoms with E-state index in [2.05, 4.69) is 0 Å². The second-order valence-electron chi connectivity index (χ2n) is 6.74. The third kappa shape index (κ3) is 4.58. The third-order valence-electron chi connectivity index (χ3n) is 5.21. The van der Waals surface area contributed by atoms with Gasteiger partial charge in [-0.25, -0.2) is 0 Å². The second kappa shape index (κ2) is 10.6. The van der Waals surface area contributed by atoms with Crippen LogP contribution in [0.5, 0.6) is 0 Å². The van der Waals surface area contributed by atoms with E-state index in [4.69, 9.17) is 26.6 Å². The van der Waals surface area contributed by atoms with E-state index >= 15 is 0 Å². The molecule has 0 radical (unpaired) electrons. The molecule has 0 aromatic heterocycles. The van der Waals surface area contributed by atoms with Gasteiger partial charge in [0, 0.05) is 50.0 Å². The molecule has 0 heterocycles. The van der Waals surface area contributed by atoms with Crippen molar-refractivity contribution in [2.75, 3.05) is 39.6 Å². The van der Waals surface area contributed by atoms with E-state index in [0.717, 1.165) is 19.3 Å². The number of hydrogen-bond donors (Lipinski definition) is 0. The highest BCUT2D eigenvalue weighted by Crippen LogP contribution is 2.55. The lowest BCUT2D eigenvalue weighted by atomic mass is 10.1. The van der Waals surface area contributed by atoms with Gasteiger partial charge in [-0.2, -0.15) is 0 Å². The number of hydrogen-bond acceptors (Lipinski definition) is 6. The van der Waals surface area contributed by atoms with Crippen molar-refractivity contribution in [1.29, 1.82) is 0 Å². The van der Waals surface area contributed by atoms with Crippen molar-refractivity contribution in [1.82, 2.24) is 0 Å². The van der Waals surface area contributed by atoms with Gasteiger partial charge in [0.15, 0.2) is 0 Å². The molecule has 8 heteroatoms. The monoisotopic (exact) mass is 418 g/mol. The van der Waals surface area contributed by atoms with E-state index in [-0.39, 0.29) is 0 Å². The van der Waals surface area contributed by atoms with Crippen LogP contribution in [0.15, 0.2) is 10.4 Å². The predicted molar refractivity (Wildman–Crippen MR) is 109 cm³/mol. The number of fused-ring (bicyclic) bond motifs is 2. The second-order valence-corrected chi connectivity index (χ2v) is 11.8. The Morgan fingerprint density at radius 3 is 1.04 bits per heavy atom. The lowest BCUT2D eigenvalue weighted by Gasteiger charge is -2.38. The zero-order valence-electron chi connectivity index (χ0n) is 18.0. The first kappa shape index (κ1) is 23.2. The lowest BCUT2D eigenvalue weighted by Crippen LogP contribution is -2.56. The topological polar surface area (TPSA) is 55.4 Å².